The highest BCUT2D eigenvalue weighted by Gasteiger charge is 2.05. The van der Waals surface area contributed by atoms with Crippen LogP contribution in [0.15, 0.2) is 35.2 Å². The zero-order valence-electron chi connectivity index (χ0n) is 8.27. The van der Waals surface area contributed by atoms with Gasteiger partial charge in [0.25, 0.3) is 5.91 Å². The smallest absolute Gasteiger partial charge is 0.251 e. The van der Waals surface area contributed by atoms with Crippen LogP contribution in [0.2, 0.25) is 0 Å². The molecule has 0 aromatic carbocycles. The first kappa shape index (κ1) is 10.8. The van der Waals surface area contributed by atoms with Gasteiger partial charge in [0.1, 0.15) is 4.60 Å². The van der Waals surface area contributed by atoms with Gasteiger partial charge < -0.3 is 5.32 Å². The molecule has 0 radical (unpaired) electrons. The second-order valence-corrected chi connectivity index (χ2v) is 3.94. The Hall–Kier alpha value is -1.69. The van der Waals surface area contributed by atoms with Crippen molar-refractivity contribution in [1.82, 2.24) is 20.5 Å². The number of carbonyl (C=O) groups is 1. The molecule has 1 amide bonds. The third kappa shape index (κ3) is 2.66. The predicted molar refractivity (Wildman–Crippen MR) is 61.7 cm³/mol. The summed E-state index contributed by atoms with van der Waals surface area (Å²) in [6.45, 7) is 0.429. The van der Waals surface area contributed by atoms with E-state index in [0.717, 1.165) is 5.69 Å². The number of nitrogens with one attached hydrogen (secondary N) is 2. The molecule has 2 heterocycles. The fourth-order valence-electron chi connectivity index (χ4n) is 1.20. The molecule has 2 aromatic heterocycles. The summed E-state index contributed by atoms with van der Waals surface area (Å²) < 4.78 is 0.640. The van der Waals surface area contributed by atoms with Gasteiger partial charge in [-0.05, 0) is 34.1 Å². The molecular weight excluding hydrogens is 272 g/mol. The lowest BCUT2D eigenvalue weighted by atomic mass is 10.2. The van der Waals surface area contributed by atoms with Crippen molar-refractivity contribution >= 4 is 21.8 Å². The normalized spacial score (nSPS) is 10.1. The molecule has 5 nitrogen and oxygen atoms in total. The Labute approximate surface area is 100 Å². The van der Waals surface area contributed by atoms with E-state index >= 15 is 0 Å². The van der Waals surface area contributed by atoms with Gasteiger partial charge in [0.05, 0.1) is 12.2 Å². The van der Waals surface area contributed by atoms with Gasteiger partial charge in [-0.2, -0.15) is 5.10 Å². The van der Waals surface area contributed by atoms with Gasteiger partial charge in [-0.15, -0.1) is 0 Å². The summed E-state index contributed by atoms with van der Waals surface area (Å²) in [5.41, 5.74) is 1.43. The zero-order valence-corrected chi connectivity index (χ0v) is 9.86. The highest BCUT2D eigenvalue weighted by molar-refractivity contribution is 9.10. The molecule has 0 saturated carbocycles. The molecule has 0 aliphatic rings. The van der Waals surface area contributed by atoms with Crippen molar-refractivity contribution in [1.29, 1.82) is 0 Å². The van der Waals surface area contributed by atoms with Gasteiger partial charge in [0.2, 0.25) is 0 Å². The molecule has 2 N–H and O–H groups in total. The van der Waals surface area contributed by atoms with E-state index < -0.39 is 0 Å². The minimum atomic E-state index is -0.141. The molecule has 6 heteroatoms. The number of pyridine rings is 1. The number of carbonyl (C=O) groups excluding carboxylic acids is 1. The maximum Gasteiger partial charge on any atom is 0.251 e. The highest BCUT2D eigenvalue weighted by Crippen LogP contribution is 2.07. The van der Waals surface area contributed by atoms with Gasteiger partial charge in [-0.1, -0.05) is 0 Å². The number of halogens is 1. The minimum Gasteiger partial charge on any atom is -0.346 e. The average molecular weight is 281 g/mol. The Bertz CT molecular complexity index is 483. The average Bonchev–Trinajstić information content (AvgIpc) is 2.78. The lowest BCUT2D eigenvalue weighted by Gasteiger charge is -2.03. The van der Waals surface area contributed by atoms with E-state index in [0.29, 0.717) is 16.7 Å². The summed E-state index contributed by atoms with van der Waals surface area (Å²) in [7, 11) is 0. The van der Waals surface area contributed by atoms with Crippen molar-refractivity contribution in [3.63, 3.8) is 0 Å². The lowest BCUT2D eigenvalue weighted by Crippen LogP contribution is -2.23. The second kappa shape index (κ2) is 4.89. The zero-order chi connectivity index (χ0) is 11.4. The summed E-state index contributed by atoms with van der Waals surface area (Å²) in [4.78, 5) is 15.7. The molecular formula is C10H9BrN4O. The predicted octanol–water partition coefficient (Wildman–Crippen LogP) is 1.50. The van der Waals surface area contributed by atoms with Gasteiger partial charge >= 0.3 is 0 Å². The molecule has 0 spiro atoms. The van der Waals surface area contributed by atoms with Crippen molar-refractivity contribution in [2.24, 2.45) is 0 Å². The third-order valence-electron chi connectivity index (χ3n) is 1.99. The molecule has 0 bridgehead atoms. The Morgan fingerprint density at radius 1 is 1.44 bits per heavy atom. The molecule has 0 aliphatic heterocycles. The Morgan fingerprint density at radius 2 is 2.31 bits per heavy atom. The van der Waals surface area contributed by atoms with E-state index in [-0.39, 0.29) is 5.91 Å². The van der Waals surface area contributed by atoms with E-state index in [2.05, 4.69) is 36.4 Å². The summed E-state index contributed by atoms with van der Waals surface area (Å²) in [5, 5.41) is 9.33. The first-order valence-electron chi connectivity index (χ1n) is 4.64. The van der Waals surface area contributed by atoms with Gasteiger partial charge in [-0.3, -0.25) is 9.89 Å². The standard InChI is InChI=1S/C10H9BrN4O/c11-9-5-7(1-3-12-9)10(16)13-6-8-2-4-14-15-8/h1-5H,6H2,(H,13,16)(H,14,15). The highest BCUT2D eigenvalue weighted by atomic mass is 79.9. The fourth-order valence-corrected chi connectivity index (χ4v) is 1.57. The number of amides is 1. The molecule has 2 rings (SSSR count). The summed E-state index contributed by atoms with van der Waals surface area (Å²) in [6.07, 6.45) is 3.22. The SMILES string of the molecule is O=C(NCc1ccn[nH]1)c1ccnc(Br)c1. The van der Waals surface area contributed by atoms with Crippen LogP contribution in [-0.4, -0.2) is 21.1 Å². The molecule has 0 unspecified atom stereocenters. The third-order valence-corrected chi connectivity index (χ3v) is 2.42. The summed E-state index contributed by atoms with van der Waals surface area (Å²) >= 11 is 3.21. The van der Waals surface area contributed by atoms with Crippen molar-refractivity contribution in [3.05, 3.63) is 46.5 Å². The molecule has 0 fully saturated rings. The Morgan fingerprint density at radius 3 is 3.00 bits per heavy atom. The van der Waals surface area contributed by atoms with Crippen LogP contribution in [0.25, 0.3) is 0 Å². The van der Waals surface area contributed by atoms with Gasteiger partial charge in [-0.25, -0.2) is 4.98 Å². The molecule has 0 aliphatic carbocycles. The van der Waals surface area contributed by atoms with Crippen molar-refractivity contribution in [3.8, 4) is 0 Å². The van der Waals surface area contributed by atoms with Crippen LogP contribution in [0.3, 0.4) is 0 Å². The van der Waals surface area contributed by atoms with Crippen LogP contribution in [0.4, 0.5) is 0 Å². The number of aromatic amines is 1. The van der Waals surface area contributed by atoms with Crippen LogP contribution >= 0.6 is 15.9 Å². The van der Waals surface area contributed by atoms with Crippen molar-refractivity contribution < 1.29 is 4.79 Å². The van der Waals surface area contributed by atoms with E-state index in [1.54, 1.807) is 24.5 Å². The number of hydrogen-bond acceptors (Lipinski definition) is 3. The lowest BCUT2D eigenvalue weighted by molar-refractivity contribution is 0.0950. The van der Waals surface area contributed by atoms with Crippen LogP contribution in [0.1, 0.15) is 16.1 Å². The van der Waals surface area contributed by atoms with E-state index in [1.165, 1.54) is 0 Å². The molecule has 82 valence electrons. The van der Waals surface area contributed by atoms with Gasteiger partial charge in [0.15, 0.2) is 0 Å². The summed E-state index contributed by atoms with van der Waals surface area (Å²) in [5.74, 6) is -0.141. The van der Waals surface area contributed by atoms with E-state index in [4.69, 9.17) is 0 Å². The largest absolute Gasteiger partial charge is 0.346 e. The van der Waals surface area contributed by atoms with E-state index in [1.807, 2.05) is 6.07 Å². The first-order chi connectivity index (χ1) is 7.75. The maximum absolute atomic E-state index is 11.7. The van der Waals surface area contributed by atoms with Crippen molar-refractivity contribution in [2.45, 2.75) is 6.54 Å². The molecule has 2 aromatic rings. The van der Waals surface area contributed by atoms with Crippen LogP contribution in [0.5, 0.6) is 0 Å². The quantitative estimate of drug-likeness (QED) is 0.837. The maximum atomic E-state index is 11.7. The van der Waals surface area contributed by atoms with Crippen LogP contribution < -0.4 is 5.32 Å². The first-order valence-corrected chi connectivity index (χ1v) is 5.43. The van der Waals surface area contributed by atoms with E-state index in [9.17, 15) is 4.79 Å². The van der Waals surface area contributed by atoms with Gasteiger partial charge in [0, 0.05) is 18.0 Å². The molecule has 16 heavy (non-hydrogen) atoms. The Kier molecular flexibility index (Phi) is 3.31. The van der Waals surface area contributed by atoms with Crippen LogP contribution in [-0.2, 0) is 6.54 Å². The van der Waals surface area contributed by atoms with Crippen LogP contribution in [0, 0.1) is 0 Å². The monoisotopic (exact) mass is 280 g/mol. The molecule has 0 saturated heterocycles. The number of nitrogens with zero attached hydrogens (tertiary/aromatic N) is 2. The fraction of sp³-hybridized carbons (Fsp3) is 0.100. The number of H-pyrrole nitrogens is 1. The molecule has 0 atom stereocenters. The number of aromatic nitrogens is 3. The topological polar surface area (TPSA) is 70.7 Å². The minimum absolute atomic E-state index is 0.141. The number of hydrogen-bond donors (Lipinski definition) is 2. The summed E-state index contributed by atoms with van der Waals surface area (Å²) in [6, 6.07) is 5.14. The Balaban J connectivity index is 1.98. The second-order valence-electron chi connectivity index (χ2n) is 3.13. The van der Waals surface area contributed by atoms with Crippen molar-refractivity contribution in [2.75, 3.05) is 0 Å². The number of rotatable bonds is 3.